The number of sulfonamides is 1. The predicted molar refractivity (Wildman–Crippen MR) is 94.8 cm³/mol. The summed E-state index contributed by atoms with van der Waals surface area (Å²) in [6, 6.07) is 11.1. The van der Waals surface area contributed by atoms with Gasteiger partial charge in [0.15, 0.2) is 11.5 Å². The summed E-state index contributed by atoms with van der Waals surface area (Å²) in [5.41, 5.74) is 1.93. The maximum absolute atomic E-state index is 12.8. The summed E-state index contributed by atoms with van der Waals surface area (Å²) in [5, 5.41) is 0. The van der Waals surface area contributed by atoms with E-state index in [1.54, 1.807) is 17.9 Å². The Hall–Kier alpha value is -2.58. The van der Waals surface area contributed by atoms with Crippen molar-refractivity contribution in [2.75, 3.05) is 18.2 Å². The zero-order valence-corrected chi connectivity index (χ0v) is 15.0. The first-order valence-electron chi connectivity index (χ1n) is 8.27. The molecule has 0 bridgehead atoms. The largest absolute Gasteiger partial charge is 0.454 e. The fourth-order valence-electron chi connectivity index (χ4n) is 3.20. The minimum Gasteiger partial charge on any atom is -0.454 e. The molecule has 2 aliphatic rings. The smallest absolute Gasteiger partial charge is 0.244 e. The highest BCUT2D eigenvalue weighted by Gasteiger charge is 2.31. The lowest BCUT2D eigenvalue weighted by Crippen LogP contribution is -2.46. The molecule has 0 unspecified atom stereocenters. The quantitative estimate of drug-likeness (QED) is 0.880. The molecule has 136 valence electrons. The fourth-order valence-corrected chi connectivity index (χ4v) is 4.41. The van der Waals surface area contributed by atoms with Crippen LogP contribution in [-0.2, 0) is 21.2 Å². The van der Waals surface area contributed by atoms with Gasteiger partial charge >= 0.3 is 0 Å². The Kier molecular flexibility index (Phi) is 4.08. The van der Waals surface area contributed by atoms with Crippen LogP contribution in [0.25, 0.3) is 0 Å². The minimum absolute atomic E-state index is 0.0308. The normalized spacial score (nSPS) is 16.4. The Balaban J connectivity index is 1.52. The number of carbonyl (C=O) groups excluding carboxylic acids is 1. The highest BCUT2D eigenvalue weighted by atomic mass is 32.2. The molecule has 1 N–H and O–H groups in total. The Morgan fingerprint density at radius 1 is 1.15 bits per heavy atom. The number of hydrogen-bond acceptors (Lipinski definition) is 5. The zero-order chi connectivity index (χ0) is 18.3. The van der Waals surface area contributed by atoms with E-state index < -0.39 is 16.1 Å². The number of carbonyl (C=O) groups is 1. The number of nitrogens with one attached hydrogen (secondary N) is 1. The van der Waals surface area contributed by atoms with Crippen LogP contribution in [0.3, 0.4) is 0 Å². The standard InChI is InChI=1S/C18H18N2O5S/c1-12(18(21)20-9-8-13-4-2-3-5-15(13)20)19-26(22,23)14-6-7-16-17(10-14)25-11-24-16/h2-7,10,12,19H,8-9,11H2,1H3/t12-/m1/s1. The van der Waals surface area contributed by atoms with Gasteiger partial charge in [0.05, 0.1) is 10.9 Å². The van der Waals surface area contributed by atoms with E-state index in [-0.39, 0.29) is 17.6 Å². The van der Waals surface area contributed by atoms with Gasteiger partial charge in [-0.25, -0.2) is 8.42 Å². The molecule has 2 heterocycles. The summed E-state index contributed by atoms with van der Waals surface area (Å²) in [6.07, 6.45) is 0.767. The molecule has 0 fully saturated rings. The molecule has 0 aliphatic carbocycles. The molecule has 1 amide bonds. The fraction of sp³-hybridized carbons (Fsp3) is 0.278. The lowest BCUT2D eigenvalue weighted by atomic mass is 10.2. The maximum Gasteiger partial charge on any atom is 0.244 e. The van der Waals surface area contributed by atoms with Crippen molar-refractivity contribution in [3.8, 4) is 11.5 Å². The number of hydrogen-bond donors (Lipinski definition) is 1. The highest BCUT2D eigenvalue weighted by molar-refractivity contribution is 7.89. The van der Waals surface area contributed by atoms with E-state index in [4.69, 9.17) is 9.47 Å². The number of rotatable bonds is 4. The van der Waals surface area contributed by atoms with Crippen LogP contribution >= 0.6 is 0 Å². The van der Waals surface area contributed by atoms with E-state index in [1.165, 1.54) is 12.1 Å². The van der Waals surface area contributed by atoms with Gasteiger partial charge in [0, 0.05) is 18.3 Å². The van der Waals surface area contributed by atoms with Crippen molar-refractivity contribution in [1.29, 1.82) is 0 Å². The second-order valence-electron chi connectivity index (χ2n) is 6.23. The van der Waals surface area contributed by atoms with Crippen molar-refractivity contribution < 1.29 is 22.7 Å². The summed E-state index contributed by atoms with van der Waals surface area (Å²) >= 11 is 0. The third kappa shape index (κ3) is 2.91. The summed E-state index contributed by atoms with van der Waals surface area (Å²) < 4.78 is 38.1. The first-order valence-corrected chi connectivity index (χ1v) is 9.75. The van der Waals surface area contributed by atoms with Gasteiger partial charge in [0.2, 0.25) is 22.7 Å². The molecule has 7 nitrogen and oxygen atoms in total. The molecule has 4 rings (SSSR count). The van der Waals surface area contributed by atoms with Crippen molar-refractivity contribution >= 4 is 21.6 Å². The van der Waals surface area contributed by atoms with Crippen molar-refractivity contribution in [3.05, 3.63) is 48.0 Å². The molecule has 0 aromatic heterocycles. The van der Waals surface area contributed by atoms with Gasteiger partial charge in [-0.1, -0.05) is 18.2 Å². The second kappa shape index (κ2) is 6.30. The van der Waals surface area contributed by atoms with Crippen LogP contribution in [0.15, 0.2) is 47.4 Å². The molecule has 2 aromatic carbocycles. The van der Waals surface area contributed by atoms with Crippen LogP contribution in [0.5, 0.6) is 11.5 Å². The molecular formula is C18H18N2O5S. The van der Waals surface area contributed by atoms with Gasteiger partial charge in [-0.05, 0) is 37.1 Å². The lowest BCUT2D eigenvalue weighted by Gasteiger charge is -2.22. The van der Waals surface area contributed by atoms with E-state index in [2.05, 4.69) is 4.72 Å². The van der Waals surface area contributed by atoms with Crippen LogP contribution in [0.2, 0.25) is 0 Å². The Bertz CT molecular complexity index is 973. The number of para-hydroxylation sites is 1. The SMILES string of the molecule is C[C@@H](NS(=O)(=O)c1ccc2c(c1)OCO2)C(=O)N1CCc2ccccc21. The average Bonchev–Trinajstić information content (AvgIpc) is 3.26. The van der Waals surface area contributed by atoms with E-state index in [0.717, 1.165) is 17.7 Å². The van der Waals surface area contributed by atoms with Crippen molar-refractivity contribution in [2.45, 2.75) is 24.3 Å². The van der Waals surface area contributed by atoms with Crippen molar-refractivity contribution in [3.63, 3.8) is 0 Å². The first kappa shape index (κ1) is 16.9. The number of anilines is 1. The van der Waals surface area contributed by atoms with Crippen LogP contribution in [0, 0.1) is 0 Å². The van der Waals surface area contributed by atoms with Crippen LogP contribution < -0.4 is 19.1 Å². The molecule has 0 saturated heterocycles. The molecule has 1 atom stereocenters. The topological polar surface area (TPSA) is 84.9 Å². The number of nitrogens with zero attached hydrogens (tertiary/aromatic N) is 1. The van der Waals surface area contributed by atoms with Gasteiger partial charge in [-0.3, -0.25) is 4.79 Å². The molecule has 2 aliphatic heterocycles. The zero-order valence-electron chi connectivity index (χ0n) is 14.1. The van der Waals surface area contributed by atoms with Crippen LogP contribution in [0.4, 0.5) is 5.69 Å². The lowest BCUT2D eigenvalue weighted by molar-refractivity contribution is -0.119. The molecule has 2 aromatic rings. The summed E-state index contributed by atoms with van der Waals surface area (Å²) in [5.74, 6) is 0.598. The number of benzene rings is 2. The van der Waals surface area contributed by atoms with Gasteiger partial charge in [-0.2, -0.15) is 4.72 Å². The molecule has 26 heavy (non-hydrogen) atoms. The number of ether oxygens (including phenoxy) is 2. The highest BCUT2D eigenvalue weighted by Crippen LogP contribution is 2.34. The van der Waals surface area contributed by atoms with Crippen LogP contribution in [-0.4, -0.2) is 33.7 Å². The molecule has 0 saturated carbocycles. The Morgan fingerprint density at radius 2 is 1.92 bits per heavy atom. The van der Waals surface area contributed by atoms with Crippen molar-refractivity contribution in [1.82, 2.24) is 4.72 Å². The van der Waals surface area contributed by atoms with Gasteiger partial charge < -0.3 is 14.4 Å². The van der Waals surface area contributed by atoms with Crippen LogP contribution in [0.1, 0.15) is 12.5 Å². The Morgan fingerprint density at radius 3 is 2.77 bits per heavy atom. The van der Waals surface area contributed by atoms with E-state index in [1.807, 2.05) is 24.3 Å². The minimum atomic E-state index is -3.87. The van der Waals surface area contributed by atoms with E-state index >= 15 is 0 Å². The third-order valence-corrected chi connectivity index (χ3v) is 6.05. The van der Waals surface area contributed by atoms with Gasteiger partial charge in [-0.15, -0.1) is 0 Å². The summed E-state index contributed by atoms with van der Waals surface area (Å²) in [7, 11) is -3.87. The maximum atomic E-state index is 12.8. The average molecular weight is 374 g/mol. The third-order valence-electron chi connectivity index (χ3n) is 4.51. The molecule has 0 radical (unpaired) electrons. The van der Waals surface area contributed by atoms with E-state index in [9.17, 15) is 13.2 Å². The number of amides is 1. The van der Waals surface area contributed by atoms with Crippen molar-refractivity contribution in [2.24, 2.45) is 0 Å². The predicted octanol–water partition coefficient (Wildman–Crippen LogP) is 1.67. The summed E-state index contributed by atoms with van der Waals surface area (Å²) in [6.45, 7) is 2.16. The Labute approximate surface area is 151 Å². The summed E-state index contributed by atoms with van der Waals surface area (Å²) in [4.78, 5) is 14.4. The molecule has 0 spiro atoms. The molecule has 8 heteroatoms. The van der Waals surface area contributed by atoms with Gasteiger partial charge in [0.25, 0.3) is 0 Å². The molecular weight excluding hydrogens is 356 g/mol. The second-order valence-corrected chi connectivity index (χ2v) is 7.94. The first-order chi connectivity index (χ1) is 12.5. The monoisotopic (exact) mass is 374 g/mol. The van der Waals surface area contributed by atoms with E-state index in [0.29, 0.717) is 18.0 Å². The van der Waals surface area contributed by atoms with Gasteiger partial charge in [0.1, 0.15) is 0 Å². The number of fused-ring (bicyclic) bond motifs is 2.